The van der Waals surface area contributed by atoms with Crippen LogP contribution in [-0.2, 0) is 13.2 Å². The van der Waals surface area contributed by atoms with Gasteiger partial charge in [-0.25, -0.2) is 0 Å². The van der Waals surface area contributed by atoms with Crippen molar-refractivity contribution in [2.24, 2.45) is 0 Å². The second kappa shape index (κ2) is 9.76. The Bertz CT molecular complexity index is 895. The van der Waals surface area contributed by atoms with Crippen molar-refractivity contribution in [2.75, 3.05) is 24.3 Å². The summed E-state index contributed by atoms with van der Waals surface area (Å²) in [7, 11) is 4.03. The molecule has 144 valence electrons. The second-order valence-corrected chi connectivity index (χ2v) is 7.08. The zero-order valence-corrected chi connectivity index (χ0v) is 17.0. The van der Waals surface area contributed by atoms with Gasteiger partial charge in [-0.1, -0.05) is 48.5 Å². The van der Waals surface area contributed by atoms with E-state index in [1.54, 1.807) is 0 Å². The second-order valence-electron chi connectivity index (χ2n) is 6.67. The fraction of sp³-hybridized carbons (Fsp3) is 0.174. The highest BCUT2D eigenvalue weighted by molar-refractivity contribution is 7.80. The molecule has 0 heterocycles. The standard InChI is InChI=1S/C23H25N3OS/c1-26(2)21-10-6-9-20(15-21)25-23(28)24-16-18-11-13-22(14-12-18)27-17-19-7-4-3-5-8-19/h3-15H,16-17H2,1-2H3,(H2,24,25,28). The van der Waals surface area contributed by atoms with Crippen molar-refractivity contribution in [1.29, 1.82) is 0 Å². The smallest absolute Gasteiger partial charge is 0.171 e. The molecule has 0 saturated carbocycles. The first kappa shape index (κ1) is 19.7. The van der Waals surface area contributed by atoms with E-state index in [1.165, 1.54) is 0 Å². The first-order valence-corrected chi connectivity index (χ1v) is 9.59. The maximum Gasteiger partial charge on any atom is 0.171 e. The summed E-state index contributed by atoms with van der Waals surface area (Å²) in [5, 5.41) is 7.06. The predicted octanol–water partition coefficient (Wildman–Crippen LogP) is 4.82. The number of ether oxygens (including phenoxy) is 1. The van der Waals surface area contributed by atoms with Crippen molar-refractivity contribution in [3.05, 3.63) is 90.0 Å². The van der Waals surface area contributed by atoms with E-state index in [9.17, 15) is 0 Å². The summed E-state index contributed by atoms with van der Waals surface area (Å²) in [5.41, 5.74) is 4.38. The molecule has 0 aromatic heterocycles. The van der Waals surface area contributed by atoms with Gasteiger partial charge in [0.25, 0.3) is 0 Å². The van der Waals surface area contributed by atoms with E-state index >= 15 is 0 Å². The highest BCUT2D eigenvalue weighted by atomic mass is 32.1. The van der Waals surface area contributed by atoms with Crippen LogP contribution < -0.4 is 20.3 Å². The van der Waals surface area contributed by atoms with Gasteiger partial charge in [0.1, 0.15) is 12.4 Å². The summed E-state index contributed by atoms with van der Waals surface area (Å²) < 4.78 is 5.82. The number of hydrogen-bond acceptors (Lipinski definition) is 3. The monoisotopic (exact) mass is 391 g/mol. The Morgan fingerprint density at radius 1 is 0.893 bits per heavy atom. The van der Waals surface area contributed by atoms with Gasteiger partial charge in [-0.05, 0) is 53.7 Å². The van der Waals surface area contributed by atoms with Crippen molar-refractivity contribution >= 4 is 28.7 Å². The number of anilines is 2. The zero-order valence-electron chi connectivity index (χ0n) is 16.2. The molecule has 4 nitrogen and oxygen atoms in total. The van der Waals surface area contributed by atoms with Crippen molar-refractivity contribution in [3.63, 3.8) is 0 Å². The molecule has 3 aromatic carbocycles. The zero-order chi connectivity index (χ0) is 19.8. The third-order valence-electron chi connectivity index (χ3n) is 4.25. The predicted molar refractivity (Wildman–Crippen MR) is 121 cm³/mol. The highest BCUT2D eigenvalue weighted by Gasteiger charge is 2.02. The number of benzene rings is 3. The maximum atomic E-state index is 5.82. The van der Waals surface area contributed by atoms with Gasteiger partial charge in [-0.2, -0.15) is 0 Å². The third-order valence-corrected chi connectivity index (χ3v) is 4.49. The van der Waals surface area contributed by atoms with E-state index in [-0.39, 0.29) is 0 Å². The van der Waals surface area contributed by atoms with Crippen LogP contribution in [0.15, 0.2) is 78.9 Å². The summed E-state index contributed by atoms with van der Waals surface area (Å²) >= 11 is 5.41. The molecule has 0 amide bonds. The lowest BCUT2D eigenvalue weighted by atomic mass is 10.2. The Hall–Kier alpha value is -3.05. The summed E-state index contributed by atoms with van der Waals surface area (Å²) in [6, 6.07) is 26.3. The molecule has 5 heteroatoms. The van der Waals surface area contributed by atoms with Crippen LogP contribution in [-0.4, -0.2) is 19.2 Å². The highest BCUT2D eigenvalue weighted by Crippen LogP contribution is 2.17. The molecule has 0 aliphatic heterocycles. The molecule has 0 atom stereocenters. The average Bonchev–Trinajstić information content (AvgIpc) is 2.72. The lowest BCUT2D eigenvalue weighted by molar-refractivity contribution is 0.306. The van der Waals surface area contributed by atoms with Gasteiger partial charge in [0, 0.05) is 32.0 Å². The Kier molecular flexibility index (Phi) is 6.87. The molecular weight excluding hydrogens is 366 g/mol. The van der Waals surface area contributed by atoms with Crippen LogP contribution in [0.4, 0.5) is 11.4 Å². The van der Waals surface area contributed by atoms with Gasteiger partial charge in [0.05, 0.1) is 0 Å². The molecule has 0 saturated heterocycles. The molecule has 2 N–H and O–H groups in total. The molecule has 0 aliphatic carbocycles. The average molecular weight is 392 g/mol. The fourth-order valence-corrected chi connectivity index (χ4v) is 2.85. The SMILES string of the molecule is CN(C)c1cccc(NC(=S)NCc2ccc(OCc3ccccc3)cc2)c1. The van der Waals surface area contributed by atoms with Crippen molar-refractivity contribution in [2.45, 2.75) is 13.2 Å². The molecule has 0 fully saturated rings. The van der Waals surface area contributed by atoms with E-state index in [4.69, 9.17) is 17.0 Å². The summed E-state index contributed by atoms with van der Waals surface area (Å²) in [6.45, 7) is 1.22. The lowest BCUT2D eigenvalue weighted by Gasteiger charge is -2.15. The molecule has 28 heavy (non-hydrogen) atoms. The van der Waals surface area contributed by atoms with E-state index < -0.39 is 0 Å². The third kappa shape index (κ3) is 5.99. The quantitative estimate of drug-likeness (QED) is 0.565. The lowest BCUT2D eigenvalue weighted by Crippen LogP contribution is -2.27. The van der Waals surface area contributed by atoms with Crippen LogP contribution in [0.1, 0.15) is 11.1 Å². The van der Waals surface area contributed by atoms with Crippen LogP contribution in [0, 0.1) is 0 Å². The normalized spacial score (nSPS) is 10.2. The van der Waals surface area contributed by atoms with Crippen LogP contribution in [0.5, 0.6) is 5.75 Å². The van der Waals surface area contributed by atoms with Crippen LogP contribution in [0.25, 0.3) is 0 Å². The number of rotatable bonds is 7. The van der Waals surface area contributed by atoms with E-state index in [0.29, 0.717) is 18.3 Å². The molecule has 3 rings (SSSR count). The molecule has 0 aliphatic rings. The largest absolute Gasteiger partial charge is 0.489 e. The molecule has 0 unspecified atom stereocenters. The number of nitrogens with one attached hydrogen (secondary N) is 2. The van der Waals surface area contributed by atoms with E-state index in [0.717, 1.165) is 28.3 Å². The fourth-order valence-electron chi connectivity index (χ4n) is 2.66. The summed E-state index contributed by atoms with van der Waals surface area (Å²) in [4.78, 5) is 2.06. The Morgan fingerprint density at radius 2 is 1.64 bits per heavy atom. The van der Waals surface area contributed by atoms with Gasteiger partial charge in [0.15, 0.2) is 5.11 Å². The minimum absolute atomic E-state index is 0.568. The van der Waals surface area contributed by atoms with Crippen molar-refractivity contribution in [3.8, 4) is 5.75 Å². The van der Waals surface area contributed by atoms with Gasteiger partial charge < -0.3 is 20.3 Å². The minimum Gasteiger partial charge on any atom is -0.489 e. The molecule has 0 radical (unpaired) electrons. The molecule has 3 aromatic rings. The summed E-state index contributed by atoms with van der Waals surface area (Å²) in [6.07, 6.45) is 0. The van der Waals surface area contributed by atoms with Crippen LogP contribution in [0.3, 0.4) is 0 Å². The molecule has 0 bridgehead atoms. The van der Waals surface area contributed by atoms with Gasteiger partial charge in [0.2, 0.25) is 0 Å². The molecular formula is C23H25N3OS. The van der Waals surface area contributed by atoms with Gasteiger partial charge >= 0.3 is 0 Å². The van der Waals surface area contributed by atoms with E-state index in [1.807, 2.05) is 68.7 Å². The minimum atomic E-state index is 0.568. The first-order valence-electron chi connectivity index (χ1n) is 9.18. The number of hydrogen-bond donors (Lipinski definition) is 2. The van der Waals surface area contributed by atoms with E-state index in [2.05, 4.69) is 39.8 Å². The first-order chi connectivity index (χ1) is 13.6. The van der Waals surface area contributed by atoms with Crippen LogP contribution >= 0.6 is 12.2 Å². The maximum absolute atomic E-state index is 5.82. The Morgan fingerprint density at radius 3 is 2.36 bits per heavy atom. The number of thiocarbonyl (C=S) groups is 1. The van der Waals surface area contributed by atoms with Gasteiger partial charge in [-0.15, -0.1) is 0 Å². The topological polar surface area (TPSA) is 36.5 Å². The number of nitrogens with zero attached hydrogens (tertiary/aromatic N) is 1. The Labute approximate surface area is 172 Å². The summed E-state index contributed by atoms with van der Waals surface area (Å²) in [5.74, 6) is 0.855. The van der Waals surface area contributed by atoms with Gasteiger partial charge in [-0.3, -0.25) is 0 Å². The van der Waals surface area contributed by atoms with Crippen LogP contribution in [0.2, 0.25) is 0 Å². The van der Waals surface area contributed by atoms with Crippen molar-refractivity contribution < 1.29 is 4.74 Å². The van der Waals surface area contributed by atoms with Crippen molar-refractivity contribution in [1.82, 2.24) is 5.32 Å². The Balaban J connectivity index is 1.46. The molecule has 0 spiro atoms.